The molecule has 1 saturated heterocycles. The van der Waals surface area contributed by atoms with Crippen LogP contribution in [0.1, 0.15) is 38.7 Å². The van der Waals surface area contributed by atoms with E-state index in [9.17, 15) is 13.2 Å². The van der Waals surface area contributed by atoms with Crippen LogP contribution in [0.25, 0.3) is 0 Å². The summed E-state index contributed by atoms with van der Waals surface area (Å²) in [7, 11) is -3.50. The third-order valence-electron chi connectivity index (χ3n) is 4.61. The predicted molar refractivity (Wildman–Crippen MR) is 82.6 cm³/mol. The van der Waals surface area contributed by atoms with Gasteiger partial charge in [0.25, 0.3) is 0 Å². The molecule has 0 radical (unpaired) electrons. The van der Waals surface area contributed by atoms with Gasteiger partial charge in [-0.05, 0) is 31.9 Å². The van der Waals surface area contributed by atoms with Gasteiger partial charge in [0.15, 0.2) is 0 Å². The van der Waals surface area contributed by atoms with Crippen LogP contribution in [0.4, 0.5) is 0 Å². The highest BCUT2D eigenvalue weighted by molar-refractivity contribution is 7.89. The van der Waals surface area contributed by atoms with Gasteiger partial charge in [0.2, 0.25) is 10.0 Å². The molecule has 1 aromatic rings. The molecule has 116 valence electrons. The minimum atomic E-state index is -3.50. The van der Waals surface area contributed by atoms with Gasteiger partial charge in [0, 0.05) is 24.9 Å². The molecular formula is C16H23NO3S. The molecule has 0 saturated carbocycles. The molecule has 1 aromatic carbocycles. The Kier molecular flexibility index (Phi) is 4.54. The first-order chi connectivity index (χ1) is 9.79. The number of sulfonamides is 1. The number of ketones is 1. The molecule has 4 nitrogen and oxygen atoms in total. The molecular weight excluding hydrogens is 286 g/mol. The molecule has 1 heterocycles. The number of benzene rings is 1. The third-order valence-corrected chi connectivity index (χ3v) is 6.53. The lowest BCUT2D eigenvalue weighted by atomic mass is 9.79. The molecule has 0 aliphatic carbocycles. The highest BCUT2D eigenvalue weighted by atomic mass is 32.2. The lowest BCUT2D eigenvalue weighted by Crippen LogP contribution is -2.32. The largest absolute Gasteiger partial charge is 0.299 e. The van der Waals surface area contributed by atoms with Crippen LogP contribution in [0.2, 0.25) is 0 Å². The van der Waals surface area contributed by atoms with Crippen molar-refractivity contribution < 1.29 is 13.2 Å². The number of aryl methyl sites for hydroxylation is 1. The quantitative estimate of drug-likeness (QED) is 0.862. The van der Waals surface area contributed by atoms with E-state index in [1.807, 2.05) is 20.8 Å². The summed E-state index contributed by atoms with van der Waals surface area (Å²) in [5.41, 5.74) is 0.635. The van der Waals surface area contributed by atoms with Gasteiger partial charge in [0.1, 0.15) is 5.78 Å². The third kappa shape index (κ3) is 3.19. The molecule has 5 heteroatoms. The maximum Gasteiger partial charge on any atom is 0.243 e. The fourth-order valence-electron chi connectivity index (χ4n) is 2.62. The smallest absolute Gasteiger partial charge is 0.243 e. The number of carbonyl (C=O) groups is 1. The normalized spacial score (nSPS) is 24.8. The number of Topliss-reactive ketones (excluding diaryl/α,β-unsaturated/α-hetero) is 1. The minimum Gasteiger partial charge on any atom is -0.299 e. The standard InChI is InChI=1S/C16H23NO3S/c1-4-16(3)10-12-17(11-9-15(16)18)21(19,20)14-7-5-13(2)6-8-14/h5-8H,4,9-12H2,1-3H3. The first-order valence-corrected chi connectivity index (χ1v) is 8.84. The molecule has 1 unspecified atom stereocenters. The summed E-state index contributed by atoms with van der Waals surface area (Å²) in [6.07, 6.45) is 1.65. The number of nitrogens with zero attached hydrogens (tertiary/aromatic N) is 1. The van der Waals surface area contributed by atoms with Crippen LogP contribution in [0.5, 0.6) is 0 Å². The first-order valence-electron chi connectivity index (χ1n) is 7.40. The predicted octanol–water partition coefficient (Wildman–Crippen LogP) is 2.76. The van der Waals surface area contributed by atoms with Crippen LogP contribution < -0.4 is 0 Å². The van der Waals surface area contributed by atoms with Gasteiger partial charge in [-0.3, -0.25) is 4.79 Å². The summed E-state index contributed by atoms with van der Waals surface area (Å²) < 4.78 is 26.8. The van der Waals surface area contributed by atoms with Crippen LogP contribution in [-0.2, 0) is 14.8 Å². The van der Waals surface area contributed by atoms with Gasteiger partial charge in [-0.1, -0.05) is 31.5 Å². The Hall–Kier alpha value is -1.20. The van der Waals surface area contributed by atoms with E-state index in [0.717, 1.165) is 12.0 Å². The van der Waals surface area contributed by atoms with Gasteiger partial charge in [-0.25, -0.2) is 8.42 Å². The monoisotopic (exact) mass is 309 g/mol. The summed E-state index contributed by atoms with van der Waals surface area (Å²) in [6.45, 7) is 6.55. The highest BCUT2D eigenvalue weighted by Crippen LogP contribution is 2.32. The van der Waals surface area contributed by atoms with E-state index >= 15 is 0 Å². The number of rotatable bonds is 3. The molecule has 0 bridgehead atoms. The molecule has 2 rings (SSSR count). The second-order valence-electron chi connectivity index (χ2n) is 6.05. The van der Waals surface area contributed by atoms with E-state index in [-0.39, 0.29) is 12.3 Å². The lowest BCUT2D eigenvalue weighted by molar-refractivity contribution is -0.127. The molecule has 1 aliphatic heterocycles. The van der Waals surface area contributed by atoms with Crippen molar-refractivity contribution >= 4 is 15.8 Å². The van der Waals surface area contributed by atoms with Crippen molar-refractivity contribution in [1.82, 2.24) is 4.31 Å². The Balaban J connectivity index is 2.26. The number of hydrogen-bond acceptors (Lipinski definition) is 3. The fraction of sp³-hybridized carbons (Fsp3) is 0.562. The van der Waals surface area contributed by atoms with E-state index in [4.69, 9.17) is 0 Å². The van der Waals surface area contributed by atoms with Gasteiger partial charge >= 0.3 is 0 Å². The molecule has 0 aromatic heterocycles. The maximum absolute atomic E-state index is 12.7. The van der Waals surface area contributed by atoms with Crippen molar-refractivity contribution in [2.45, 2.75) is 44.9 Å². The average Bonchev–Trinajstić information content (AvgIpc) is 2.61. The zero-order chi connectivity index (χ0) is 15.7. The lowest BCUT2D eigenvalue weighted by Gasteiger charge is -2.25. The first kappa shape index (κ1) is 16.2. The van der Waals surface area contributed by atoms with Gasteiger partial charge < -0.3 is 0 Å². The summed E-state index contributed by atoms with van der Waals surface area (Å²) in [5, 5.41) is 0. The highest BCUT2D eigenvalue weighted by Gasteiger charge is 2.37. The summed E-state index contributed by atoms with van der Waals surface area (Å²) in [4.78, 5) is 12.5. The van der Waals surface area contributed by atoms with Gasteiger partial charge in [-0.2, -0.15) is 4.31 Å². The summed E-state index contributed by atoms with van der Waals surface area (Å²) in [5.74, 6) is 0.173. The molecule has 21 heavy (non-hydrogen) atoms. The average molecular weight is 309 g/mol. The number of carbonyl (C=O) groups excluding carboxylic acids is 1. The molecule has 0 N–H and O–H groups in total. The van der Waals surface area contributed by atoms with Gasteiger partial charge in [-0.15, -0.1) is 0 Å². The van der Waals surface area contributed by atoms with Crippen LogP contribution in [-0.4, -0.2) is 31.6 Å². The molecule has 1 aliphatic rings. The SMILES string of the molecule is CCC1(C)CCN(S(=O)(=O)c2ccc(C)cc2)CCC1=O. The van der Waals surface area contributed by atoms with Crippen molar-refractivity contribution in [1.29, 1.82) is 0 Å². The Morgan fingerprint density at radius 2 is 1.81 bits per heavy atom. The number of hydrogen-bond donors (Lipinski definition) is 0. The Labute approximate surface area is 127 Å². The van der Waals surface area contributed by atoms with Crippen LogP contribution in [0, 0.1) is 12.3 Å². The molecule has 1 atom stereocenters. The Morgan fingerprint density at radius 1 is 1.19 bits per heavy atom. The molecule has 0 amide bonds. The van der Waals surface area contributed by atoms with Crippen molar-refractivity contribution in [2.24, 2.45) is 5.41 Å². The van der Waals surface area contributed by atoms with E-state index in [1.165, 1.54) is 4.31 Å². The molecule has 1 fully saturated rings. The Morgan fingerprint density at radius 3 is 2.38 bits per heavy atom. The zero-order valence-corrected chi connectivity index (χ0v) is 13.7. The second kappa shape index (κ2) is 5.89. The minimum absolute atomic E-state index is 0.173. The van der Waals surface area contributed by atoms with Gasteiger partial charge in [0.05, 0.1) is 4.90 Å². The zero-order valence-electron chi connectivity index (χ0n) is 12.9. The van der Waals surface area contributed by atoms with E-state index in [2.05, 4.69) is 0 Å². The topological polar surface area (TPSA) is 54.5 Å². The molecule has 0 spiro atoms. The van der Waals surface area contributed by atoms with Crippen molar-refractivity contribution in [3.8, 4) is 0 Å². The Bertz CT molecular complexity index is 621. The summed E-state index contributed by atoms with van der Waals surface area (Å²) in [6, 6.07) is 6.87. The summed E-state index contributed by atoms with van der Waals surface area (Å²) >= 11 is 0. The van der Waals surface area contributed by atoms with Crippen molar-refractivity contribution in [3.05, 3.63) is 29.8 Å². The van der Waals surface area contributed by atoms with E-state index in [0.29, 0.717) is 24.3 Å². The van der Waals surface area contributed by atoms with E-state index < -0.39 is 15.4 Å². The second-order valence-corrected chi connectivity index (χ2v) is 7.99. The van der Waals surface area contributed by atoms with Crippen LogP contribution >= 0.6 is 0 Å². The van der Waals surface area contributed by atoms with Crippen molar-refractivity contribution in [2.75, 3.05) is 13.1 Å². The van der Waals surface area contributed by atoms with Crippen molar-refractivity contribution in [3.63, 3.8) is 0 Å². The van der Waals surface area contributed by atoms with Crippen LogP contribution in [0.3, 0.4) is 0 Å². The van der Waals surface area contributed by atoms with Crippen LogP contribution in [0.15, 0.2) is 29.2 Å². The van der Waals surface area contributed by atoms with E-state index in [1.54, 1.807) is 24.3 Å². The maximum atomic E-state index is 12.7. The fourth-order valence-corrected chi connectivity index (χ4v) is 4.07.